The molecule has 176 valence electrons. The van der Waals surface area contributed by atoms with Gasteiger partial charge in [-0.05, 0) is 48.9 Å². The fourth-order valence-electron chi connectivity index (χ4n) is 3.90. The molecule has 0 saturated carbocycles. The summed E-state index contributed by atoms with van der Waals surface area (Å²) in [6.45, 7) is 2.51. The van der Waals surface area contributed by atoms with Crippen LogP contribution in [0.1, 0.15) is 30.7 Å². The number of benzene rings is 2. The van der Waals surface area contributed by atoms with Gasteiger partial charge >= 0.3 is 0 Å². The Balaban J connectivity index is 1.90. The monoisotopic (exact) mass is 463 g/mol. The molecule has 8 nitrogen and oxygen atoms in total. The number of hydrogen-bond donors (Lipinski definition) is 1. The van der Waals surface area contributed by atoms with E-state index in [9.17, 15) is 14.7 Å². The number of anilines is 1. The maximum atomic E-state index is 13.3. The highest BCUT2D eigenvalue weighted by Crippen LogP contribution is 2.44. The average Bonchev–Trinajstić information content (AvgIpc) is 3.49. The second-order valence-corrected chi connectivity index (χ2v) is 7.60. The molecule has 1 amide bonds. The summed E-state index contributed by atoms with van der Waals surface area (Å²) in [5.41, 5.74) is 0.538. The van der Waals surface area contributed by atoms with E-state index in [1.807, 2.05) is 6.92 Å². The van der Waals surface area contributed by atoms with Crippen LogP contribution in [0.5, 0.6) is 17.2 Å². The molecule has 1 fully saturated rings. The standard InChI is InChI=1S/C26H25NO7/c1-4-12-33-18-8-5-7-16(14-18)27-23(21-9-6-13-34-21)22(25(29)26(27)30)24(28)19-15-17(31-2)10-11-20(19)32-3/h5-11,13-15,23,28H,4,12H2,1-3H3/b24-22-. The third-order valence-electron chi connectivity index (χ3n) is 5.49. The van der Waals surface area contributed by atoms with Gasteiger partial charge in [-0.15, -0.1) is 0 Å². The smallest absolute Gasteiger partial charge is 0.300 e. The van der Waals surface area contributed by atoms with Gasteiger partial charge in [-0.1, -0.05) is 13.0 Å². The number of aliphatic hydroxyl groups is 1. The van der Waals surface area contributed by atoms with Crippen molar-refractivity contribution in [2.24, 2.45) is 0 Å². The number of amides is 1. The van der Waals surface area contributed by atoms with Gasteiger partial charge in [-0.25, -0.2) is 0 Å². The predicted octanol–water partition coefficient (Wildman–Crippen LogP) is 4.71. The Labute approximate surface area is 197 Å². The normalized spacial score (nSPS) is 17.1. The van der Waals surface area contributed by atoms with Crippen molar-refractivity contribution < 1.29 is 33.3 Å². The molecule has 3 aromatic rings. The van der Waals surface area contributed by atoms with Gasteiger partial charge in [0.1, 0.15) is 34.8 Å². The first-order chi connectivity index (χ1) is 16.5. The van der Waals surface area contributed by atoms with E-state index >= 15 is 0 Å². The summed E-state index contributed by atoms with van der Waals surface area (Å²) >= 11 is 0. The summed E-state index contributed by atoms with van der Waals surface area (Å²) in [5.74, 6) is -0.376. The van der Waals surface area contributed by atoms with Crippen LogP contribution in [0.25, 0.3) is 5.76 Å². The average molecular weight is 463 g/mol. The molecule has 0 spiro atoms. The number of carbonyl (C=O) groups is 2. The summed E-state index contributed by atoms with van der Waals surface area (Å²) in [5, 5.41) is 11.3. The van der Waals surface area contributed by atoms with Crippen molar-refractivity contribution in [3.63, 3.8) is 0 Å². The largest absolute Gasteiger partial charge is 0.507 e. The van der Waals surface area contributed by atoms with Crippen LogP contribution in [0, 0.1) is 0 Å². The number of nitrogens with zero attached hydrogens (tertiary/aromatic N) is 1. The first-order valence-corrected chi connectivity index (χ1v) is 10.8. The Hall–Kier alpha value is -4.20. The lowest BCUT2D eigenvalue weighted by atomic mass is 9.98. The van der Waals surface area contributed by atoms with Gasteiger partial charge in [0, 0.05) is 11.8 Å². The molecule has 1 saturated heterocycles. The van der Waals surface area contributed by atoms with Crippen molar-refractivity contribution in [3.8, 4) is 17.2 Å². The topological polar surface area (TPSA) is 98.4 Å². The Bertz CT molecular complexity index is 1230. The van der Waals surface area contributed by atoms with Crippen molar-refractivity contribution in [2.45, 2.75) is 19.4 Å². The molecule has 1 N–H and O–H groups in total. The van der Waals surface area contributed by atoms with Crippen molar-refractivity contribution >= 4 is 23.1 Å². The number of methoxy groups -OCH3 is 2. The highest BCUT2D eigenvalue weighted by Gasteiger charge is 2.48. The summed E-state index contributed by atoms with van der Waals surface area (Å²) in [4.78, 5) is 27.8. The van der Waals surface area contributed by atoms with Crippen molar-refractivity contribution in [2.75, 3.05) is 25.7 Å². The minimum atomic E-state index is -0.993. The quantitative estimate of drug-likeness (QED) is 0.293. The predicted molar refractivity (Wildman–Crippen MR) is 125 cm³/mol. The number of hydrogen-bond acceptors (Lipinski definition) is 7. The van der Waals surface area contributed by atoms with E-state index in [0.717, 1.165) is 6.42 Å². The number of Topliss-reactive ketones (excluding diaryl/α,β-unsaturated/α-hetero) is 1. The number of carbonyl (C=O) groups excluding carboxylic acids is 2. The molecule has 2 heterocycles. The first-order valence-electron chi connectivity index (χ1n) is 10.8. The molecule has 1 atom stereocenters. The highest BCUT2D eigenvalue weighted by atomic mass is 16.5. The van der Waals surface area contributed by atoms with E-state index in [1.54, 1.807) is 54.6 Å². The van der Waals surface area contributed by atoms with Crippen molar-refractivity contribution in [3.05, 3.63) is 77.8 Å². The summed E-state index contributed by atoms with van der Waals surface area (Å²) < 4.78 is 21.9. The fourth-order valence-corrected chi connectivity index (χ4v) is 3.90. The van der Waals surface area contributed by atoms with Gasteiger partial charge in [0.05, 0.1) is 38.2 Å². The van der Waals surface area contributed by atoms with Crippen LogP contribution >= 0.6 is 0 Å². The van der Waals surface area contributed by atoms with Gasteiger partial charge < -0.3 is 23.7 Å². The van der Waals surface area contributed by atoms with Crippen LogP contribution in [0.2, 0.25) is 0 Å². The van der Waals surface area contributed by atoms with E-state index in [-0.39, 0.29) is 11.1 Å². The molecule has 8 heteroatoms. The van der Waals surface area contributed by atoms with Gasteiger partial charge in [0.15, 0.2) is 0 Å². The van der Waals surface area contributed by atoms with Gasteiger partial charge in [0.2, 0.25) is 0 Å². The van der Waals surface area contributed by atoms with Crippen LogP contribution < -0.4 is 19.1 Å². The van der Waals surface area contributed by atoms with E-state index in [0.29, 0.717) is 35.3 Å². The van der Waals surface area contributed by atoms with Crippen LogP contribution in [0.4, 0.5) is 5.69 Å². The maximum Gasteiger partial charge on any atom is 0.300 e. The Morgan fingerprint density at radius 1 is 1.03 bits per heavy atom. The number of ether oxygens (including phenoxy) is 3. The highest BCUT2D eigenvalue weighted by molar-refractivity contribution is 6.51. The zero-order valence-electron chi connectivity index (χ0n) is 19.1. The van der Waals surface area contributed by atoms with Gasteiger partial charge in [-0.2, -0.15) is 0 Å². The third-order valence-corrected chi connectivity index (χ3v) is 5.49. The molecular weight excluding hydrogens is 438 g/mol. The zero-order valence-corrected chi connectivity index (χ0v) is 19.1. The number of ketones is 1. The molecule has 1 aromatic heterocycles. The Morgan fingerprint density at radius 2 is 1.85 bits per heavy atom. The molecular formula is C26H25NO7. The SMILES string of the molecule is CCCOc1cccc(N2C(=O)C(=O)/C(=C(\O)c3cc(OC)ccc3OC)C2c2ccco2)c1. The second kappa shape index (κ2) is 9.74. The number of aliphatic hydroxyl groups excluding tert-OH is 1. The van der Waals surface area contributed by atoms with Crippen LogP contribution in [-0.4, -0.2) is 37.6 Å². The molecule has 4 rings (SSSR count). The van der Waals surface area contributed by atoms with E-state index < -0.39 is 23.5 Å². The Kier molecular flexibility index (Phi) is 6.58. The molecule has 0 bridgehead atoms. The van der Waals surface area contributed by atoms with Crippen molar-refractivity contribution in [1.29, 1.82) is 0 Å². The molecule has 0 aliphatic carbocycles. The minimum absolute atomic E-state index is 0.119. The zero-order chi connectivity index (χ0) is 24.2. The molecule has 2 aromatic carbocycles. The summed E-state index contributed by atoms with van der Waals surface area (Å²) in [6, 6.07) is 14.0. The maximum absolute atomic E-state index is 13.3. The lowest BCUT2D eigenvalue weighted by Crippen LogP contribution is -2.29. The second-order valence-electron chi connectivity index (χ2n) is 7.60. The van der Waals surface area contributed by atoms with Gasteiger partial charge in [0.25, 0.3) is 11.7 Å². The van der Waals surface area contributed by atoms with E-state index in [1.165, 1.54) is 25.4 Å². The van der Waals surface area contributed by atoms with Crippen LogP contribution in [-0.2, 0) is 9.59 Å². The first kappa shape index (κ1) is 23.0. The molecule has 1 aliphatic heterocycles. The molecule has 0 radical (unpaired) electrons. The lowest BCUT2D eigenvalue weighted by molar-refractivity contribution is -0.132. The molecule has 1 aliphatic rings. The van der Waals surface area contributed by atoms with Crippen LogP contribution in [0.3, 0.4) is 0 Å². The van der Waals surface area contributed by atoms with E-state index in [2.05, 4.69) is 0 Å². The van der Waals surface area contributed by atoms with Gasteiger partial charge in [-0.3, -0.25) is 14.5 Å². The van der Waals surface area contributed by atoms with Crippen LogP contribution in [0.15, 0.2) is 70.9 Å². The number of rotatable bonds is 8. The lowest BCUT2D eigenvalue weighted by Gasteiger charge is -2.24. The summed E-state index contributed by atoms with van der Waals surface area (Å²) in [6.07, 6.45) is 2.27. The van der Waals surface area contributed by atoms with Crippen molar-refractivity contribution in [1.82, 2.24) is 0 Å². The Morgan fingerprint density at radius 3 is 2.53 bits per heavy atom. The third kappa shape index (κ3) is 4.10. The molecule has 34 heavy (non-hydrogen) atoms. The fraction of sp³-hybridized carbons (Fsp3) is 0.231. The minimum Gasteiger partial charge on any atom is -0.507 e. The molecule has 1 unspecified atom stereocenters. The number of furan rings is 1. The summed E-state index contributed by atoms with van der Waals surface area (Å²) in [7, 11) is 2.93. The van der Waals surface area contributed by atoms with E-state index in [4.69, 9.17) is 18.6 Å².